The van der Waals surface area contributed by atoms with Gasteiger partial charge in [0.1, 0.15) is 0 Å². The number of fused-ring (bicyclic) bond motifs is 1. The van der Waals surface area contributed by atoms with Crippen molar-refractivity contribution in [3.05, 3.63) is 120 Å². The third-order valence-corrected chi connectivity index (χ3v) is 6.13. The average Bonchev–Trinajstić information content (AvgIpc) is 3.32. The Morgan fingerprint density at radius 2 is 1.64 bits per heavy atom. The van der Waals surface area contributed by atoms with Crippen molar-refractivity contribution in [2.75, 3.05) is 18.4 Å². The predicted molar refractivity (Wildman–Crippen MR) is 146 cm³/mol. The number of nitrogens with zero attached hydrogens (tertiary/aromatic N) is 2. The maximum absolute atomic E-state index is 12.7. The summed E-state index contributed by atoms with van der Waals surface area (Å²) in [5, 5.41) is 6.27. The number of benzene rings is 4. The second-order valence-electron chi connectivity index (χ2n) is 8.76. The van der Waals surface area contributed by atoms with Crippen LogP contribution in [0.3, 0.4) is 0 Å². The lowest BCUT2D eigenvalue weighted by molar-refractivity contribution is 0.102. The van der Waals surface area contributed by atoms with Gasteiger partial charge in [0.15, 0.2) is 0 Å². The second-order valence-corrected chi connectivity index (χ2v) is 8.76. The van der Waals surface area contributed by atoms with E-state index in [0.29, 0.717) is 18.7 Å². The number of amides is 1. The van der Waals surface area contributed by atoms with E-state index in [0.717, 1.165) is 46.5 Å². The molecule has 0 fully saturated rings. The molecule has 0 aliphatic carbocycles. The molecule has 0 unspecified atom stereocenters. The molecule has 4 aromatic carbocycles. The molecule has 0 radical (unpaired) electrons. The highest BCUT2D eigenvalue weighted by Crippen LogP contribution is 2.25. The van der Waals surface area contributed by atoms with Crippen LogP contribution in [0.4, 0.5) is 5.69 Å². The number of carbonyl (C=O) groups excluding carboxylic acids is 1. The third-order valence-electron chi connectivity index (χ3n) is 6.13. The lowest BCUT2D eigenvalue weighted by atomic mass is 10.0. The van der Waals surface area contributed by atoms with Gasteiger partial charge < -0.3 is 20.9 Å². The third kappa shape index (κ3) is 5.51. The van der Waals surface area contributed by atoms with E-state index in [1.807, 2.05) is 60.9 Å². The predicted octanol–water partition coefficient (Wildman–Crippen LogP) is 5.05. The average molecular weight is 476 g/mol. The van der Waals surface area contributed by atoms with Crippen LogP contribution in [0.2, 0.25) is 0 Å². The second kappa shape index (κ2) is 11.0. The number of hydrogen-bond donors (Lipinski definition) is 3. The molecule has 0 aliphatic rings. The molecule has 0 spiro atoms. The monoisotopic (exact) mass is 475 g/mol. The molecule has 1 heterocycles. The molecule has 0 bridgehead atoms. The smallest absolute Gasteiger partial charge is 0.255 e. The van der Waals surface area contributed by atoms with Crippen molar-refractivity contribution in [3.63, 3.8) is 0 Å². The molecule has 0 saturated carbocycles. The zero-order chi connectivity index (χ0) is 24.7. The van der Waals surface area contributed by atoms with Gasteiger partial charge in [0.05, 0.1) is 17.4 Å². The first-order chi connectivity index (χ1) is 17.7. The van der Waals surface area contributed by atoms with Gasteiger partial charge in [-0.3, -0.25) is 4.79 Å². The van der Waals surface area contributed by atoms with Crippen molar-refractivity contribution >= 4 is 22.6 Å². The van der Waals surface area contributed by atoms with Crippen molar-refractivity contribution in [3.8, 4) is 11.1 Å². The Morgan fingerprint density at radius 1 is 0.833 bits per heavy atom. The minimum Gasteiger partial charge on any atom is -0.329 e. The topological polar surface area (TPSA) is 85.0 Å². The van der Waals surface area contributed by atoms with E-state index in [9.17, 15) is 4.79 Å². The number of carbonyl (C=O) groups is 1. The van der Waals surface area contributed by atoms with Crippen LogP contribution < -0.4 is 16.4 Å². The lowest BCUT2D eigenvalue weighted by Gasteiger charge is -2.09. The summed E-state index contributed by atoms with van der Waals surface area (Å²) in [5.74, 6) is -0.123. The Bertz CT molecular complexity index is 1460. The number of aromatic nitrogens is 2. The summed E-state index contributed by atoms with van der Waals surface area (Å²) in [6, 6.07) is 32.1. The highest BCUT2D eigenvalue weighted by molar-refractivity contribution is 6.04. The van der Waals surface area contributed by atoms with E-state index in [1.54, 1.807) is 0 Å². The van der Waals surface area contributed by atoms with Crippen molar-refractivity contribution in [1.82, 2.24) is 14.9 Å². The van der Waals surface area contributed by atoms with Crippen molar-refractivity contribution in [2.45, 2.75) is 13.1 Å². The Labute approximate surface area is 210 Å². The van der Waals surface area contributed by atoms with E-state index in [4.69, 9.17) is 5.73 Å². The molecule has 36 heavy (non-hydrogen) atoms. The van der Waals surface area contributed by atoms with Gasteiger partial charge >= 0.3 is 0 Å². The standard InChI is InChI=1S/C30H29N5O/c31-15-16-32-19-22-9-11-24(12-10-22)25-13-14-28-29(18-25)35(21-33-28)20-23-5-4-6-26(17-23)30(36)34-27-7-2-1-3-8-27/h1-14,17-18,21,32H,15-16,19-20,31H2,(H,34,36). The maximum atomic E-state index is 12.7. The molecular weight excluding hydrogens is 446 g/mol. The summed E-state index contributed by atoms with van der Waals surface area (Å²) in [6.45, 7) is 2.88. The number of imidazole rings is 1. The van der Waals surface area contributed by atoms with Gasteiger partial charge in [-0.05, 0) is 58.7 Å². The van der Waals surface area contributed by atoms with Crippen molar-refractivity contribution < 1.29 is 4.79 Å². The fraction of sp³-hybridized carbons (Fsp3) is 0.133. The lowest BCUT2D eigenvalue weighted by Crippen LogP contribution is -2.21. The fourth-order valence-electron chi connectivity index (χ4n) is 4.24. The number of rotatable bonds is 9. The molecular formula is C30H29N5O. The summed E-state index contributed by atoms with van der Waals surface area (Å²) in [5.41, 5.74) is 13.5. The van der Waals surface area contributed by atoms with Gasteiger partial charge in [0.25, 0.3) is 5.91 Å². The number of hydrogen-bond acceptors (Lipinski definition) is 4. The van der Waals surface area contributed by atoms with Gasteiger partial charge in [-0.25, -0.2) is 4.98 Å². The Hall–Kier alpha value is -4.26. The molecule has 6 nitrogen and oxygen atoms in total. The van der Waals surface area contributed by atoms with Crippen LogP contribution in [-0.2, 0) is 13.1 Å². The maximum Gasteiger partial charge on any atom is 0.255 e. The zero-order valence-electron chi connectivity index (χ0n) is 20.0. The number of anilines is 1. The van der Waals surface area contributed by atoms with Gasteiger partial charge in [-0.2, -0.15) is 0 Å². The Kier molecular flexibility index (Phi) is 7.17. The quantitative estimate of drug-likeness (QED) is 0.260. The molecule has 0 atom stereocenters. The van der Waals surface area contributed by atoms with Gasteiger partial charge in [0, 0.05) is 37.4 Å². The van der Waals surface area contributed by atoms with Crippen LogP contribution in [0.1, 0.15) is 21.5 Å². The molecule has 180 valence electrons. The van der Waals surface area contributed by atoms with Gasteiger partial charge in [0.2, 0.25) is 0 Å². The fourth-order valence-corrected chi connectivity index (χ4v) is 4.24. The van der Waals surface area contributed by atoms with Crippen LogP contribution in [0.15, 0.2) is 103 Å². The van der Waals surface area contributed by atoms with Crippen LogP contribution in [-0.4, -0.2) is 28.5 Å². The molecule has 0 saturated heterocycles. The number of nitrogens with one attached hydrogen (secondary N) is 2. The minimum absolute atomic E-state index is 0.123. The number of nitrogens with two attached hydrogens (primary N) is 1. The normalized spacial score (nSPS) is 11.0. The summed E-state index contributed by atoms with van der Waals surface area (Å²) in [7, 11) is 0. The Balaban J connectivity index is 1.34. The molecule has 1 amide bonds. The van der Waals surface area contributed by atoms with E-state index in [2.05, 4.69) is 62.6 Å². The molecule has 5 aromatic rings. The van der Waals surface area contributed by atoms with Crippen molar-refractivity contribution in [1.29, 1.82) is 0 Å². The molecule has 6 heteroatoms. The SMILES string of the molecule is NCCNCc1ccc(-c2ccc3ncn(Cc4cccc(C(=O)Nc5ccccc5)c4)c3c2)cc1. The highest BCUT2D eigenvalue weighted by atomic mass is 16.1. The van der Waals surface area contributed by atoms with Gasteiger partial charge in [-0.1, -0.05) is 60.7 Å². The summed E-state index contributed by atoms with van der Waals surface area (Å²) < 4.78 is 2.12. The summed E-state index contributed by atoms with van der Waals surface area (Å²) >= 11 is 0. The molecule has 4 N–H and O–H groups in total. The van der Waals surface area contributed by atoms with E-state index in [-0.39, 0.29) is 5.91 Å². The van der Waals surface area contributed by atoms with Crippen LogP contribution in [0.25, 0.3) is 22.2 Å². The number of para-hydroxylation sites is 1. The largest absolute Gasteiger partial charge is 0.329 e. The van der Waals surface area contributed by atoms with E-state index >= 15 is 0 Å². The zero-order valence-corrected chi connectivity index (χ0v) is 20.0. The van der Waals surface area contributed by atoms with E-state index < -0.39 is 0 Å². The van der Waals surface area contributed by atoms with E-state index in [1.165, 1.54) is 5.56 Å². The molecule has 5 rings (SSSR count). The van der Waals surface area contributed by atoms with Crippen LogP contribution >= 0.6 is 0 Å². The summed E-state index contributed by atoms with van der Waals surface area (Å²) in [6.07, 6.45) is 1.86. The molecule has 1 aromatic heterocycles. The summed E-state index contributed by atoms with van der Waals surface area (Å²) in [4.78, 5) is 17.3. The molecule has 0 aliphatic heterocycles. The Morgan fingerprint density at radius 3 is 2.44 bits per heavy atom. The first-order valence-corrected chi connectivity index (χ1v) is 12.1. The first-order valence-electron chi connectivity index (χ1n) is 12.1. The highest BCUT2D eigenvalue weighted by Gasteiger charge is 2.10. The first kappa shape index (κ1) is 23.5. The van der Waals surface area contributed by atoms with Crippen LogP contribution in [0, 0.1) is 0 Å². The van der Waals surface area contributed by atoms with Crippen molar-refractivity contribution in [2.24, 2.45) is 5.73 Å². The van der Waals surface area contributed by atoms with Crippen LogP contribution in [0.5, 0.6) is 0 Å². The van der Waals surface area contributed by atoms with Gasteiger partial charge in [-0.15, -0.1) is 0 Å². The minimum atomic E-state index is -0.123.